The molecule has 1 aromatic rings. The van der Waals surface area contributed by atoms with Crippen LogP contribution in [0.4, 0.5) is 4.79 Å². The first-order chi connectivity index (χ1) is 10.5. The van der Waals surface area contributed by atoms with Gasteiger partial charge in [0.05, 0.1) is 0 Å². The number of rotatable bonds is 4. The highest BCUT2D eigenvalue weighted by molar-refractivity contribution is 5.96. The Bertz CT molecular complexity index is 524. The van der Waals surface area contributed by atoms with Crippen molar-refractivity contribution < 1.29 is 14.3 Å². The van der Waals surface area contributed by atoms with Gasteiger partial charge in [-0.3, -0.25) is 10.1 Å². The molecular formula is C17H24N2O3. The van der Waals surface area contributed by atoms with Gasteiger partial charge in [-0.2, -0.15) is 0 Å². The number of ether oxygens (including phenoxy) is 1. The lowest BCUT2D eigenvalue weighted by atomic mass is 9.96. The van der Waals surface area contributed by atoms with Crippen molar-refractivity contribution in [2.75, 3.05) is 0 Å². The highest BCUT2D eigenvalue weighted by Gasteiger charge is 2.20. The lowest BCUT2D eigenvalue weighted by Gasteiger charge is -2.23. The van der Waals surface area contributed by atoms with Crippen LogP contribution in [0.1, 0.15) is 44.6 Å². The number of hydrogen-bond donors (Lipinski definition) is 2. The quantitative estimate of drug-likeness (QED) is 0.898. The summed E-state index contributed by atoms with van der Waals surface area (Å²) >= 11 is 0. The van der Waals surface area contributed by atoms with E-state index < -0.39 is 18.0 Å². The van der Waals surface area contributed by atoms with Crippen molar-refractivity contribution in [2.45, 2.75) is 58.1 Å². The third kappa shape index (κ3) is 5.06. The molecule has 1 fully saturated rings. The molecule has 0 aromatic heterocycles. The van der Waals surface area contributed by atoms with E-state index >= 15 is 0 Å². The molecule has 2 N–H and O–H groups in total. The van der Waals surface area contributed by atoms with Gasteiger partial charge in [0.25, 0.3) is 5.91 Å². The van der Waals surface area contributed by atoms with Crippen molar-refractivity contribution in [1.29, 1.82) is 0 Å². The van der Waals surface area contributed by atoms with Crippen LogP contribution in [-0.2, 0) is 4.79 Å². The molecule has 0 spiro atoms. The minimum absolute atomic E-state index is 0.176. The van der Waals surface area contributed by atoms with Crippen LogP contribution in [0.5, 0.6) is 5.75 Å². The topological polar surface area (TPSA) is 67.4 Å². The van der Waals surface area contributed by atoms with Gasteiger partial charge in [0, 0.05) is 6.04 Å². The zero-order chi connectivity index (χ0) is 15.9. The average molecular weight is 304 g/mol. The highest BCUT2D eigenvalue weighted by atomic mass is 16.5. The normalized spacial score (nSPS) is 16.6. The van der Waals surface area contributed by atoms with Crippen LogP contribution < -0.4 is 15.4 Å². The maximum Gasteiger partial charge on any atom is 0.321 e. The zero-order valence-electron chi connectivity index (χ0n) is 13.2. The number of carbonyl (C=O) groups excluding carboxylic acids is 2. The van der Waals surface area contributed by atoms with Crippen molar-refractivity contribution in [3.05, 3.63) is 29.8 Å². The summed E-state index contributed by atoms with van der Waals surface area (Å²) in [6.45, 7) is 3.58. The zero-order valence-corrected chi connectivity index (χ0v) is 13.2. The molecule has 3 amide bonds. The Morgan fingerprint density at radius 2 is 1.95 bits per heavy atom. The van der Waals surface area contributed by atoms with Crippen molar-refractivity contribution >= 4 is 11.9 Å². The van der Waals surface area contributed by atoms with E-state index in [-0.39, 0.29) is 6.04 Å². The Balaban J connectivity index is 1.79. The van der Waals surface area contributed by atoms with Gasteiger partial charge in [-0.05, 0) is 44.4 Å². The minimum Gasteiger partial charge on any atom is -0.481 e. The first kappa shape index (κ1) is 16.3. The summed E-state index contributed by atoms with van der Waals surface area (Å²) in [5.74, 6) is 0.185. The van der Waals surface area contributed by atoms with Gasteiger partial charge in [-0.25, -0.2) is 4.79 Å². The molecule has 0 heterocycles. The molecule has 0 unspecified atom stereocenters. The molecule has 5 heteroatoms. The number of imide groups is 1. The molecular weight excluding hydrogens is 280 g/mol. The number of nitrogens with one attached hydrogen (secondary N) is 2. The van der Waals surface area contributed by atoms with Crippen LogP contribution in [0.15, 0.2) is 24.3 Å². The van der Waals surface area contributed by atoms with Gasteiger partial charge in [0.1, 0.15) is 5.75 Å². The van der Waals surface area contributed by atoms with Crippen LogP contribution in [-0.4, -0.2) is 24.1 Å². The fourth-order valence-corrected chi connectivity index (χ4v) is 2.63. The molecule has 0 saturated heterocycles. The van der Waals surface area contributed by atoms with Gasteiger partial charge < -0.3 is 10.1 Å². The first-order valence-corrected chi connectivity index (χ1v) is 7.89. The molecule has 5 nitrogen and oxygen atoms in total. The predicted molar refractivity (Wildman–Crippen MR) is 84.8 cm³/mol. The third-order valence-corrected chi connectivity index (χ3v) is 3.85. The van der Waals surface area contributed by atoms with Gasteiger partial charge >= 0.3 is 6.03 Å². The number of benzene rings is 1. The van der Waals surface area contributed by atoms with Crippen LogP contribution in [0.25, 0.3) is 0 Å². The lowest BCUT2D eigenvalue weighted by Crippen LogP contribution is -2.48. The molecule has 22 heavy (non-hydrogen) atoms. The molecule has 1 saturated carbocycles. The maximum absolute atomic E-state index is 12.0. The Kier molecular flexibility index (Phi) is 5.81. The molecule has 1 aliphatic rings. The molecule has 0 bridgehead atoms. The summed E-state index contributed by atoms with van der Waals surface area (Å²) in [5, 5.41) is 5.20. The molecule has 1 aromatic carbocycles. The fourth-order valence-electron chi connectivity index (χ4n) is 2.63. The summed E-state index contributed by atoms with van der Waals surface area (Å²) in [7, 11) is 0. The van der Waals surface area contributed by atoms with E-state index in [0.29, 0.717) is 5.75 Å². The van der Waals surface area contributed by atoms with E-state index in [0.717, 1.165) is 31.2 Å². The lowest BCUT2D eigenvalue weighted by molar-refractivity contribution is -0.126. The van der Waals surface area contributed by atoms with Gasteiger partial charge in [-0.1, -0.05) is 31.4 Å². The van der Waals surface area contributed by atoms with Crippen LogP contribution >= 0.6 is 0 Å². The van der Waals surface area contributed by atoms with Crippen LogP contribution in [0, 0.1) is 6.92 Å². The monoisotopic (exact) mass is 304 g/mol. The number of urea groups is 1. The maximum atomic E-state index is 12.0. The van der Waals surface area contributed by atoms with Crippen molar-refractivity contribution in [2.24, 2.45) is 0 Å². The van der Waals surface area contributed by atoms with Crippen LogP contribution in [0.2, 0.25) is 0 Å². The molecule has 1 atom stereocenters. The summed E-state index contributed by atoms with van der Waals surface area (Å²) in [6, 6.07) is 7.21. The van der Waals surface area contributed by atoms with Crippen molar-refractivity contribution in [3.63, 3.8) is 0 Å². The van der Waals surface area contributed by atoms with Crippen molar-refractivity contribution in [1.82, 2.24) is 10.6 Å². The van der Waals surface area contributed by atoms with E-state index in [1.54, 1.807) is 13.0 Å². The van der Waals surface area contributed by atoms with Crippen LogP contribution in [0.3, 0.4) is 0 Å². The third-order valence-electron chi connectivity index (χ3n) is 3.85. The van der Waals surface area contributed by atoms with E-state index in [9.17, 15) is 9.59 Å². The van der Waals surface area contributed by atoms with E-state index in [2.05, 4.69) is 10.6 Å². The minimum atomic E-state index is -0.723. The smallest absolute Gasteiger partial charge is 0.321 e. The molecule has 1 aliphatic carbocycles. The summed E-state index contributed by atoms with van der Waals surface area (Å²) < 4.78 is 5.56. The Labute approximate surface area is 131 Å². The molecule has 2 rings (SSSR count). The molecule has 0 aliphatic heterocycles. The van der Waals surface area contributed by atoms with E-state index in [1.165, 1.54) is 6.42 Å². The SMILES string of the molecule is Cc1cccc(O[C@H](C)C(=O)NC(=O)NC2CCCCC2)c1. The second kappa shape index (κ2) is 7.82. The first-order valence-electron chi connectivity index (χ1n) is 7.89. The predicted octanol–water partition coefficient (Wildman–Crippen LogP) is 2.92. The number of aryl methyl sites for hydroxylation is 1. The summed E-state index contributed by atoms with van der Waals surface area (Å²) in [4.78, 5) is 23.8. The average Bonchev–Trinajstić information content (AvgIpc) is 2.48. The number of amides is 3. The largest absolute Gasteiger partial charge is 0.481 e. The number of carbonyl (C=O) groups is 2. The number of hydrogen-bond acceptors (Lipinski definition) is 3. The summed E-state index contributed by atoms with van der Waals surface area (Å²) in [6.07, 6.45) is 4.73. The summed E-state index contributed by atoms with van der Waals surface area (Å²) in [5.41, 5.74) is 1.06. The Morgan fingerprint density at radius 1 is 1.23 bits per heavy atom. The fraction of sp³-hybridized carbons (Fsp3) is 0.529. The molecule has 120 valence electrons. The second-order valence-electron chi connectivity index (χ2n) is 5.87. The van der Waals surface area contributed by atoms with Gasteiger partial charge in [0.15, 0.2) is 6.10 Å². The van der Waals surface area contributed by atoms with Crippen molar-refractivity contribution in [3.8, 4) is 5.75 Å². The van der Waals surface area contributed by atoms with E-state index in [4.69, 9.17) is 4.74 Å². The van der Waals surface area contributed by atoms with Gasteiger partial charge in [0.2, 0.25) is 0 Å². The van der Waals surface area contributed by atoms with Gasteiger partial charge in [-0.15, -0.1) is 0 Å². The Hall–Kier alpha value is -2.04. The molecule has 0 radical (unpaired) electrons. The Morgan fingerprint density at radius 3 is 2.64 bits per heavy atom. The van der Waals surface area contributed by atoms with E-state index in [1.807, 2.05) is 25.1 Å². The highest BCUT2D eigenvalue weighted by Crippen LogP contribution is 2.17. The second-order valence-corrected chi connectivity index (χ2v) is 5.87. The standard InChI is InChI=1S/C17H24N2O3/c1-12-7-6-10-15(11-12)22-13(2)16(20)19-17(21)18-14-8-4-3-5-9-14/h6-7,10-11,13-14H,3-5,8-9H2,1-2H3,(H2,18,19,20,21)/t13-/m1/s1.